The average Bonchev–Trinajstić information content (AvgIpc) is 3.15. The summed E-state index contributed by atoms with van der Waals surface area (Å²) in [4.78, 5) is 25.2. The van der Waals surface area contributed by atoms with Gasteiger partial charge in [0.25, 0.3) is 11.8 Å². The summed E-state index contributed by atoms with van der Waals surface area (Å²) in [6.45, 7) is -0.289. The summed E-state index contributed by atoms with van der Waals surface area (Å²) in [7, 11) is 3.41. The van der Waals surface area contributed by atoms with Crippen LogP contribution in [0.2, 0.25) is 0 Å². The fourth-order valence-electron chi connectivity index (χ4n) is 3.55. The minimum atomic E-state index is -0.449. The van der Waals surface area contributed by atoms with Crippen LogP contribution in [0.4, 0.5) is 0 Å². The summed E-state index contributed by atoms with van der Waals surface area (Å²) in [6, 6.07) is 9.23. The van der Waals surface area contributed by atoms with Crippen molar-refractivity contribution in [2.24, 2.45) is 7.05 Å². The third-order valence-corrected chi connectivity index (χ3v) is 4.66. The Morgan fingerprint density at radius 1 is 1.15 bits per heavy atom. The van der Waals surface area contributed by atoms with E-state index in [4.69, 9.17) is 9.84 Å². The van der Waals surface area contributed by atoms with Crippen molar-refractivity contribution in [1.82, 2.24) is 9.88 Å². The highest BCUT2D eigenvalue weighted by atomic mass is 16.5. The van der Waals surface area contributed by atoms with E-state index in [1.165, 1.54) is 0 Å². The predicted molar refractivity (Wildman–Crippen MR) is 101 cm³/mol. The number of aliphatic hydroxyl groups excluding tert-OH is 1. The van der Waals surface area contributed by atoms with Crippen molar-refractivity contribution in [1.29, 1.82) is 0 Å². The number of carbonyl (C=O) groups is 2. The molecule has 1 aliphatic heterocycles. The van der Waals surface area contributed by atoms with Crippen molar-refractivity contribution in [3.8, 4) is 28.7 Å². The minimum Gasteiger partial charge on any atom is -0.496 e. The molecule has 2 aromatic carbocycles. The molecule has 0 saturated heterocycles. The maximum Gasteiger partial charge on any atom is 0.259 e. The predicted octanol–water partition coefficient (Wildman–Crippen LogP) is 2.08. The zero-order valence-electron chi connectivity index (χ0n) is 14.8. The monoisotopic (exact) mass is 360 g/mol. The molecule has 0 bridgehead atoms. The lowest BCUT2D eigenvalue weighted by Gasteiger charge is -2.12. The molecule has 3 aromatic rings. The third-order valence-electron chi connectivity index (χ3n) is 4.66. The van der Waals surface area contributed by atoms with Crippen molar-refractivity contribution in [2.45, 2.75) is 0 Å². The molecule has 0 atom stereocenters. The van der Waals surface area contributed by atoms with E-state index in [-0.39, 0.29) is 6.61 Å². The summed E-state index contributed by atoms with van der Waals surface area (Å²) >= 11 is 0. The van der Waals surface area contributed by atoms with Gasteiger partial charge in [0, 0.05) is 29.8 Å². The smallest absolute Gasteiger partial charge is 0.259 e. The van der Waals surface area contributed by atoms with Crippen LogP contribution in [0.1, 0.15) is 26.3 Å². The number of ether oxygens (including phenoxy) is 1. The van der Waals surface area contributed by atoms with Crippen LogP contribution in [-0.4, -0.2) is 35.2 Å². The Morgan fingerprint density at radius 3 is 2.63 bits per heavy atom. The first kappa shape index (κ1) is 16.9. The molecular formula is C21H16N2O4. The Balaban J connectivity index is 2.15. The van der Waals surface area contributed by atoms with Crippen molar-refractivity contribution in [3.63, 3.8) is 0 Å². The fraction of sp³-hybridized carbons (Fsp3) is 0.143. The van der Waals surface area contributed by atoms with E-state index in [0.29, 0.717) is 33.4 Å². The number of amides is 2. The lowest BCUT2D eigenvalue weighted by molar-refractivity contribution is 0.0880. The molecule has 2 amide bonds. The first-order chi connectivity index (χ1) is 13.1. The molecule has 1 aromatic heterocycles. The van der Waals surface area contributed by atoms with Gasteiger partial charge in [-0.2, -0.15) is 0 Å². The number of nitrogens with one attached hydrogen (secondary N) is 1. The molecule has 0 radical (unpaired) electrons. The molecule has 134 valence electrons. The highest BCUT2D eigenvalue weighted by Gasteiger charge is 2.34. The Morgan fingerprint density at radius 2 is 1.89 bits per heavy atom. The Hall–Kier alpha value is -3.56. The first-order valence-electron chi connectivity index (χ1n) is 8.31. The van der Waals surface area contributed by atoms with Crippen LogP contribution < -0.4 is 10.1 Å². The third kappa shape index (κ3) is 2.48. The lowest BCUT2D eigenvalue weighted by Crippen LogP contribution is -2.20. The van der Waals surface area contributed by atoms with Crippen molar-refractivity contribution in [3.05, 3.63) is 53.2 Å². The number of methoxy groups -OCH3 is 1. The summed E-state index contributed by atoms with van der Waals surface area (Å²) in [6.07, 6.45) is 1.79. The van der Waals surface area contributed by atoms with Gasteiger partial charge >= 0.3 is 0 Å². The number of hydrogen-bond donors (Lipinski definition) is 2. The number of benzene rings is 2. The van der Waals surface area contributed by atoms with Crippen LogP contribution in [0.3, 0.4) is 0 Å². The molecule has 0 fully saturated rings. The molecule has 0 saturated carbocycles. The second-order valence-corrected chi connectivity index (χ2v) is 6.17. The van der Waals surface area contributed by atoms with Gasteiger partial charge in [-0.15, -0.1) is 0 Å². The normalized spacial score (nSPS) is 12.6. The maximum absolute atomic E-state index is 12.6. The topological polar surface area (TPSA) is 80.6 Å². The van der Waals surface area contributed by atoms with Crippen LogP contribution in [0, 0.1) is 11.8 Å². The Labute approximate surface area is 155 Å². The molecule has 4 rings (SSSR count). The lowest BCUT2D eigenvalue weighted by atomic mass is 9.92. The standard InChI is InChI=1S/C21H16N2O4/c1-23-11-12(6-5-9-24)17-15(23)10-14(13-7-3-4-8-16(13)27-2)18-19(17)21(26)22-20(18)25/h3-4,7-8,10-11,24H,9H2,1-2H3,(H,22,25,26). The van der Waals surface area contributed by atoms with E-state index < -0.39 is 11.8 Å². The van der Waals surface area contributed by atoms with E-state index in [9.17, 15) is 9.59 Å². The molecule has 6 nitrogen and oxygen atoms in total. The van der Waals surface area contributed by atoms with Crippen LogP contribution in [0.15, 0.2) is 36.5 Å². The molecule has 6 heteroatoms. The van der Waals surface area contributed by atoms with Crippen LogP contribution >= 0.6 is 0 Å². The van der Waals surface area contributed by atoms with E-state index in [1.807, 2.05) is 41.9 Å². The number of carbonyl (C=O) groups excluding carboxylic acids is 2. The zero-order chi connectivity index (χ0) is 19.1. The molecule has 0 unspecified atom stereocenters. The average molecular weight is 360 g/mol. The maximum atomic E-state index is 12.6. The molecule has 0 aliphatic carbocycles. The first-order valence-corrected chi connectivity index (χ1v) is 8.31. The zero-order valence-corrected chi connectivity index (χ0v) is 14.8. The molecule has 0 spiro atoms. The SMILES string of the molecule is COc1ccccc1-c1cc2c(c(C#CCO)cn2C)c2c1C(=O)NC2=O. The molecule has 27 heavy (non-hydrogen) atoms. The molecule has 2 N–H and O–H groups in total. The minimum absolute atomic E-state index is 0.289. The van der Waals surface area contributed by atoms with E-state index in [0.717, 1.165) is 11.1 Å². The van der Waals surface area contributed by atoms with Gasteiger partial charge < -0.3 is 14.4 Å². The van der Waals surface area contributed by atoms with E-state index in [1.54, 1.807) is 13.3 Å². The number of aliphatic hydroxyl groups is 1. The fourth-order valence-corrected chi connectivity index (χ4v) is 3.55. The number of fused-ring (bicyclic) bond motifs is 3. The van der Waals surface area contributed by atoms with Crippen LogP contribution in [0.5, 0.6) is 5.75 Å². The van der Waals surface area contributed by atoms with Gasteiger partial charge in [0.1, 0.15) is 12.4 Å². The molecule has 2 heterocycles. The summed E-state index contributed by atoms with van der Waals surface area (Å²) in [5.74, 6) is 5.20. The summed E-state index contributed by atoms with van der Waals surface area (Å²) in [5, 5.41) is 12.0. The summed E-state index contributed by atoms with van der Waals surface area (Å²) < 4.78 is 7.30. The van der Waals surface area contributed by atoms with Gasteiger partial charge in [0.15, 0.2) is 0 Å². The van der Waals surface area contributed by atoms with Gasteiger partial charge in [-0.25, -0.2) is 0 Å². The number of nitrogens with zero attached hydrogens (tertiary/aromatic N) is 1. The number of aryl methyl sites for hydroxylation is 1. The largest absolute Gasteiger partial charge is 0.496 e. The number of imide groups is 1. The van der Waals surface area contributed by atoms with Gasteiger partial charge in [-0.05, 0) is 12.1 Å². The number of rotatable bonds is 2. The second kappa shape index (κ2) is 6.31. The van der Waals surface area contributed by atoms with Crippen molar-refractivity contribution in [2.75, 3.05) is 13.7 Å². The van der Waals surface area contributed by atoms with E-state index >= 15 is 0 Å². The van der Waals surface area contributed by atoms with Gasteiger partial charge in [-0.3, -0.25) is 14.9 Å². The number of para-hydroxylation sites is 1. The highest BCUT2D eigenvalue weighted by molar-refractivity contribution is 6.29. The van der Waals surface area contributed by atoms with Crippen molar-refractivity contribution >= 4 is 22.7 Å². The highest BCUT2D eigenvalue weighted by Crippen LogP contribution is 2.40. The summed E-state index contributed by atoms with van der Waals surface area (Å²) in [5.41, 5.74) is 3.33. The Kier molecular flexibility index (Phi) is 3.94. The molecular weight excluding hydrogens is 344 g/mol. The number of aromatic nitrogens is 1. The van der Waals surface area contributed by atoms with Crippen molar-refractivity contribution < 1.29 is 19.4 Å². The van der Waals surface area contributed by atoms with Crippen LogP contribution in [0.25, 0.3) is 22.0 Å². The molecule has 1 aliphatic rings. The van der Waals surface area contributed by atoms with Crippen LogP contribution in [-0.2, 0) is 7.05 Å². The second-order valence-electron chi connectivity index (χ2n) is 6.17. The van der Waals surface area contributed by atoms with Gasteiger partial charge in [0.05, 0.1) is 29.3 Å². The van der Waals surface area contributed by atoms with E-state index in [2.05, 4.69) is 17.2 Å². The van der Waals surface area contributed by atoms with Gasteiger partial charge in [-0.1, -0.05) is 30.0 Å². The quantitative estimate of drug-likeness (QED) is 0.542. The van der Waals surface area contributed by atoms with Gasteiger partial charge in [0.2, 0.25) is 0 Å². The number of hydrogen-bond acceptors (Lipinski definition) is 4. The Bertz CT molecular complexity index is 1180.